The Morgan fingerprint density at radius 1 is 0.733 bits per heavy atom. The van der Waals surface area contributed by atoms with Gasteiger partial charge in [-0.25, -0.2) is 9.97 Å². The summed E-state index contributed by atoms with van der Waals surface area (Å²) in [4.78, 5) is 8.39. The molecule has 0 amide bonds. The summed E-state index contributed by atoms with van der Waals surface area (Å²) in [5.41, 5.74) is 2.84. The van der Waals surface area contributed by atoms with Gasteiger partial charge in [0.2, 0.25) is 0 Å². The van der Waals surface area contributed by atoms with Crippen LogP contribution in [0, 0.1) is 6.92 Å². The van der Waals surface area contributed by atoms with Crippen molar-refractivity contribution in [1.29, 1.82) is 0 Å². The van der Waals surface area contributed by atoms with Crippen LogP contribution in [-0.2, 0) is 5.41 Å². The van der Waals surface area contributed by atoms with Gasteiger partial charge in [-0.05, 0) is 74.4 Å². The van der Waals surface area contributed by atoms with Crippen LogP contribution in [0.4, 0.5) is 0 Å². The molecule has 0 N–H and O–H groups in total. The van der Waals surface area contributed by atoms with Gasteiger partial charge in [-0.3, -0.25) is 0 Å². The van der Waals surface area contributed by atoms with Crippen LogP contribution in [0.15, 0.2) is 60.9 Å². The van der Waals surface area contributed by atoms with Gasteiger partial charge in [-0.1, -0.05) is 37.1 Å². The first-order chi connectivity index (χ1) is 14.7. The molecule has 0 bridgehead atoms. The highest BCUT2D eigenvalue weighted by Gasteiger charge is 2.37. The second-order valence-electron chi connectivity index (χ2n) is 8.58. The zero-order valence-electron chi connectivity index (χ0n) is 17.5. The van der Waals surface area contributed by atoms with Gasteiger partial charge in [0.15, 0.2) is 5.75 Å². The number of nitrogens with zero attached hydrogens (tertiary/aromatic N) is 2. The number of aromatic nitrogens is 2. The number of hydrogen-bond donors (Lipinski definition) is 0. The summed E-state index contributed by atoms with van der Waals surface area (Å²) in [6, 6.07) is 17.4. The van der Waals surface area contributed by atoms with E-state index in [1.165, 1.54) is 56.1 Å². The molecule has 0 saturated heterocycles. The number of ether oxygens (including phenoxy) is 2. The zero-order valence-corrected chi connectivity index (χ0v) is 17.5. The Morgan fingerprint density at radius 2 is 1.30 bits per heavy atom. The number of benzene rings is 2. The first-order valence-electron chi connectivity index (χ1n) is 11.1. The Bertz CT molecular complexity index is 971. The number of rotatable bonds is 6. The van der Waals surface area contributed by atoms with Crippen molar-refractivity contribution in [1.82, 2.24) is 9.97 Å². The van der Waals surface area contributed by atoms with E-state index in [0.29, 0.717) is 11.9 Å². The minimum atomic E-state index is 0.0838. The van der Waals surface area contributed by atoms with Gasteiger partial charge in [-0.2, -0.15) is 0 Å². The van der Waals surface area contributed by atoms with Crippen molar-refractivity contribution in [3.63, 3.8) is 0 Å². The molecule has 2 saturated carbocycles. The summed E-state index contributed by atoms with van der Waals surface area (Å²) < 4.78 is 12.0. The quantitative estimate of drug-likeness (QED) is 0.482. The average molecular weight is 401 g/mol. The fourth-order valence-electron chi connectivity index (χ4n) is 4.67. The largest absolute Gasteiger partial charge is 0.490 e. The summed E-state index contributed by atoms with van der Waals surface area (Å²) in [6.07, 6.45) is 12.4. The fourth-order valence-corrected chi connectivity index (χ4v) is 4.67. The van der Waals surface area contributed by atoms with Crippen molar-refractivity contribution in [2.45, 2.75) is 63.4 Å². The maximum absolute atomic E-state index is 6.06. The topological polar surface area (TPSA) is 44.2 Å². The van der Waals surface area contributed by atoms with Crippen molar-refractivity contribution in [3.8, 4) is 17.2 Å². The van der Waals surface area contributed by atoms with E-state index in [0.717, 1.165) is 17.3 Å². The zero-order chi connectivity index (χ0) is 20.4. The molecule has 30 heavy (non-hydrogen) atoms. The monoisotopic (exact) mass is 400 g/mol. The molecule has 4 heteroatoms. The summed E-state index contributed by atoms with van der Waals surface area (Å²) in [5, 5.41) is 0. The highest BCUT2D eigenvalue weighted by atomic mass is 16.5. The smallest absolute Gasteiger partial charge is 0.164 e. The normalized spacial score (nSPS) is 18.0. The van der Waals surface area contributed by atoms with Gasteiger partial charge in [0, 0.05) is 5.41 Å². The summed E-state index contributed by atoms with van der Waals surface area (Å²) in [5.74, 6) is 3.21. The van der Waals surface area contributed by atoms with Crippen molar-refractivity contribution >= 4 is 0 Å². The lowest BCUT2D eigenvalue weighted by Gasteiger charge is -2.31. The van der Waals surface area contributed by atoms with Crippen LogP contribution in [0.1, 0.15) is 61.9 Å². The predicted octanol–water partition coefficient (Wildman–Crippen LogP) is 6.37. The van der Waals surface area contributed by atoms with Gasteiger partial charge in [0.05, 0.1) is 18.5 Å². The molecule has 4 nitrogen and oxygen atoms in total. The molecular formula is C26H28N2O2. The van der Waals surface area contributed by atoms with E-state index in [2.05, 4.69) is 58.5 Å². The SMILES string of the molecule is Cc1ncc(Oc2ccc(C3(c4ccc(OC5CCC5)cc4)CCCC3)cc2)cn1. The molecule has 3 aromatic rings. The fraction of sp³-hybridized carbons (Fsp3) is 0.385. The van der Waals surface area contributed by atoms with Crippen molar-refractivity contribution in [2.24, 2.45) is 0 Å². The molecule has 2 aliphatic carbocycles. The maximum atomic E-state index is 6.06. The lowest BCUT2D eigenvalue weighted by molar-refractivity contribution is 0.120. The molecule has 0 radical (unpaired) electrons. The molecular weight excluding hydrogens is 372 g/mol. The summed E-state index contributed by atoms with van der Waals surface area (Å²) >= 11 is 0. The molecule has 2 aliphatic rings. The second-order valence-corrected chi connectivity index (χ2v) is 8.58. The molecule has 0 spiro atoms. The highest BCUT2D eigenvalue weighted by Crippen LogP contribution is 2.47. The molecule has 1 heterocycles. The lowest BCUT2D eigenvalue weighted by Crippen LogP contribution is -2.25. The number of aryl methyl sites for hydroxylation is 1. The van der Waals surface area contributed by atoms with Crippen LogP contribution in [0.2, 0.25) is 0 Å². The molecule has 2 aromatic carbocycles. The minimum Gasteiger partial charge on any atom is -0.490 e. The Kier molecular flexibility index (Phi) is 5.16. The Morgan fingerprint density at radius 3 is 1.83 bits per heavy atom. The van der Waals surface area contributed by atoms with Gasteiger partial charge < -0.3 is 9.47 Å². The van der Waals surface area contributed by atoms with Crippen LogP contribution < -0.4 is 9.47 Å². The summed E-state index contributed by atoms with van der Waals surface area (Å²) in [6.45, 7) is 1.87. The molecule has 0 atom stereocenters. The molecule has 154 valence electrons. The summed E-state index contributed by atoms with van der Waals surface area (Å²) in [7, 11) is 0. The molecule has 0 unspecified atom stereocenters. The minimum absolute atomic E-state index is 0.0838. The molecule has 0 aliphatic heterocycles. The van der Waals surface area contributed by atoms with Crippen LogP contribution in [0.25, 0.3) is 0 Å². The Hall–Kier alpha value is -2.88. The standard InChI is InChI=1S/C26H28N2O2/c1-19-27-17-25(18-28-19)30-24-13-9-21(10-14-24)26(15-2-3-16-26)20-7-11-23(12-8-20)29-22-5-4-6-22/h7-14,17-18,22H,2-6,15-16H2,1H3. The second kappa shape index (κ2) is 8.10. The van der Waals surface area contributed by atoms with Crippen LogP contribution in [-0.4, -0.2) is 16.1 Å². The average Bonchev–Trinajstić information content (AvgIpc) is 3.25. The van der Waals surface area contributed by atoms with E-state index >= 15 is 0 Å². The van der Waals surface area contributed by atoms with E-state index in [9.17, 15) is 0 Å². The number of hydrogen-bond acceptors (Lipinski definition) is 4. The van der Waals surface area contributed by atoms with Crippen LogP contribution >= 0.6 is 0 Å². The third kappa shape index (κ3) is 3.79. The maximum Gasteiger partial charge on any atom is 0.164 e. The van der Waals surface area contributed by atoms with E-state index < -0.39 is 0 Å². The molecule has 2 fully saturated rings. The van der Waals surface area contributed by atoms with Gasteiger partial charge in [0.1, 0.15) is 17.3 Å². The van der Waals surface area contributed by atoms with E-state index in [4.69, 9.17) is 9.47 Å². The van der Waals surface area contributed by atoms with Crippen LogP contribution in [0.3, 0.4) is 0 Å². The molecule has 1 aromatic heterocycles. The predicted molar refractivity (Wildman–Crippen MR) is 117 cm³/mol. The van der Waals surface area contributed by atoms with Crippen LogP contribution in [0.5, 0.6) is 17.2 Å². The van der Waals surface area contributed by atoms with Gasteiger partial charge in [0.25, 0.3) is 0 Å². The van der Waals surface area contributed by atoms with Gasteiger partial charge >= 0.3 is 0 Å². The Labute approximate surface area is 178 Å². The first kappa shape index (κ1) is 19.1. The van der Waals surface area contributed by atoms with Crippen molar-refractivity contribution in [2.75, 3.05) is 0 Å². The third-order valence-electron chi connectivity index (χ3n) is 6.62. The third-order valence-corrected chi connectivity index (χ3v) is 6.62. The van der Waals surface area contributed by atoms with E-state index in [1.807, 2.05) is 6.92 Å². The van der Waals surface area contributed by atoms with Gasteiger partial charge in [-0.15, -0.1) is 0 Å². The Balaban J connectivity index is 1.36. The first-order valence-corrected chi connectivity index (χ1v) is 11.1. The molecule has 5 rings (SSSR count). The highest BCUT2D eigenvalue weighted by molar-refractivity contribution is 5.44. The lowest BCUT2D eigenvalue weighted by atomic mass is 9.73. The van der Waals surface area contributed by atoms with E-state index in [1.54, 1.807) is 12.4 Å². The van der Waals surface area contributed by atoms with Crippen molar-refractivity contribution < 1.29 is 9.47 Å². The van der Waals surface area contributed by atoms with E-state index in [-0.39, 0.29) is 5.41 Å². The van der Waals surface area contributed by atoms with Crippen molar-refractivity contribution in [3.05, 3.63) is 77.9 Å².